The number of nitrogens with zero attached hydrogens (tertiary/aromatic N) is 2. The van der Waals surface area contributed by atoms with E-state index >= 15 is 0 Å². The largest absolute Gasteiger partial charge is 0.488 e. The number of aromatic nitrogens is 1. The highest BCUT2D eigenvalue weighted by Crippen LogP contribution is 2.65. The number of alkyl halides is 2. The molecule has 2 aliphatic heterocycles. The van der Waals surface area contributed by atoms with E-state index in [4.69, 9.17) is 18.9 Å². The maximum Gasteiger partial charge on any atom is 0.272 e. The van der Waals surface area contributed by atoms with Crippen LogP contribution in [0.4, 0.5) is 13.2 Å². The van der Waals surface area contributed by atoms with Crippen molar-refractivity contribution in [3.8, 4) is 11.6 Å². The fourth-order valence-corrected chi connectivity index (χ4v) is 6.05. The van der Waals surface area contributed by atoms with Crippen molar-refractivity contribution in [1.29, 1.82) is 0 Å². The third-order valence-corrected chi connectivity index (χ3v) is 8.10. The molecule has 2 saturated heterocycles. The molecule has 4 aliphatic rings. The van der Waals surface area contributed by atoms with Crippen LogP contribution in [0, 0.1) is 23.6 Å². The Morgan fingerprint density at radius 3 is 2.78 bits per heavy atom. The zero-order valence-electron chi connectivity index (χ0n) is 19.8. The lowest BCUT2D eigenvalue weighted by molar-refractivity contribution is -0.0441. The molecule has 7 nitrogen and oxygen atoms in total. The Kier molecular flexibility index (Phi) is 5.64. The van der Waals surface area contributed by atoms with Gasteiger partial charge in [0.1, 0.15) is 30.0 Å². The number of likely N-dealkylation sites (tertiary alicyclic amines) is 1. The van der Waals surface area contributed by atoms with Crippen LogP contribution in [0.3, 0.4) is 0 Å². The molecule has 36 heavy (non-hydrogen) atoms. The number of amides is 1. The van der Waals surface area contributed by atoms with E-state index in [1.165, 1.54) is 19.2 Å². The molecule has 4 atom stereocenters. The van der Waals surface area contributed by atoms with Crippen LogP contribution in [0.1, 0.15) is 35.3 Å². The minimum Gasteiger partial charge on any atom is -0.488 e. The lowest BCUT2D eigenvalue weighted by Crippen LogP contribution is -2.53. The molecule has 0 radical (unpaired) electrons. The molecule has 2 aliphatic carbocycles. The summed E-state index contributed by atoms with van der Waals surface area (Å²) in [5, 5.41) is 0. The molecule has 4 fully saturated rings. The van der Waals surface area contributed by atoms with Crippen LogP contribution in [0.15, 0.2) is 36.4 Å². The Balaban J connectivity index is 1.11. The topological polar surface area (TPSA) is 70.1 Å². The number of fused-ring (bicyclic) bond motifs is 2. The lowest BCUT2D eigenvalue weighted by Gasteiger charge is -2.41. The van der Waals surface area contributed by atoms with Gasteiger partial charge in [0.25, 0.3) is 17.7 Å². The number of pyridine rings is 1. The molecular formula is C26H27F3N2O5. The number of piperidine rings is 1. The van der Waals surface area contributed by atoms with Crippen LogP contribution in [-0.2, 0) is 15.1 Å². The summed E-state index contributed by atoms with van der Waals surface area (Å²) in [6, 6.07) is 9.48. The van der Waals surface area contributed by atoms with Crippen LogP contribution >= 0.6 is 0 Å². The summed E-state index contributed by atoms with van der Waals surface area (Å²) in [5.74, 6) is -3.55. The second kappa shape index (κ2) is 8.62. The van der Waals surface area contributed by atoms with Crippen molar-refractivity contribution in [2.24, 2.45) is 17.8 Å². The first-order valence-corrected chi connectivity index (χ1v) is 12.2. The molecule has 1 aromatic carbocycles. The van der Waals surface area contributed by atoms with Crippen LogP contribution in [-0.4, -0.2) is 61.4 Å². The lowest BCUT2D eigenvalue weighted by atomic mass is 9.82. The van der Waals surface area contributed by atoms with Gasteiger partial charge in [-0.1, -0.05) is 12.1 Å². The molecule has 1 aromatic heterocycles. The minimum atomic E-state index is -2.50. The fraction of sp³-hybridized carbons (Fsp3) is 0.538. The first-order valence-electron chi connectivity index (χ1n) is 12.2. The quantitative estimate of drug-likeness (QED) is 0.592. The van der Waals surface area contributed by atoms with Gasteiger partial charge in [0.15, 0.2) is 5.75 Å². The van der Waals surface area contributed by atoms with Crippen LogP contribution in [0.5, 0.6) is 11.6 Å². The maximum absolute atomic E-state index is 13.9. The Morgan fingerprint density at radius 2 is 2.03 bits per heavy atom. The molecule has 3 heterocycles. The number of hydrogen-bond acceptors (Lipinski definition) is 6. The molecule has 1 amide bonds. The highest BCUT2D eigenvalue weighted by Gasteiger charge is 2.71. The average molecular weight is 505 g/mol. The molecule has 3 unspecified atom stereocenters. The predicted octanol–water partition coefficient (Wildman–Crippen LogP) is 4.01. The summed E-state index contributed by atoms with van der Waals surface area (Å²) in [6.07, 6.45) is 0.936. The number of hydrogen-bond donors (Lipinski definition) is 0. The number of methoxy groups -OCH3 is 1. The Hall–Kier alpha value is -2.85. The fourth-order valence-electron chi connectivity index (χ4n) is 6.05. The number of carbonyl (C=O) groups is 1. The van der Waals surface area contributed by atoms with Gasteiger partial charge in [-0.15, -0.1) is 0 Å². The number of rotatable bonds is 6. The summed E-state index contributed by atoms with van der Waals surface area (Å²) in [5.41, 5.74) is 0.0896. The van der Waals surface area contributed by atoms with Gasteiger partial charge in [0, 0.05) is 24.8 Å². The summed E-state index contributed by atoms with van der Waals surface area (Å²) < 4.78 is 63.6. The van der Waals surface area contributed by atoms with E-state index in [2.05, 4.69) is 4.98 Å². The van der Waals surface area contributed by atoms with Gasteiger partial charge in [-0.05, 0) is 48.6 Å². The molecule has 6 rings (SSSR count). The van der Waals surface area contributed by atoms with E-state index in [0.717, 1.165) is 0 Å². The van der Waals surface area contributed by atoms with Crippen molar-refractivity contribution < 1.29 is 36.9 Å². The number of halogens is 3. The number of benzene rings is 1. The first-order chi connectivity index (χ1) is 17.3. The van der Waals surface area contributed by atoms with E-state index in [1.807, 2.05) is 6.07 Å². The van der Waals surface area contributed by atoms with Gasteiger partial charge in [0.05, 0.1) is 20.3 Å². The van der Waals surface area contributed by atoms with Gasteiger partial charge in [-0.25, -0.2) is 18.2 Å². The molecule has 0 bridgehead atoms. The smallest absolute Gasteiger partial charge is 0.272 e. The van der Waals surface area contributed by atoms with Gasteiger partial charge in [-0.2, -0.15) is 0 Å². The zero-order chi connectivity index (χ0) is 25.1. The van der Waals surface area contributed by atoms with Crippen molar-refractivity contribution >= 4 is 5.91 Å². The Bertz CT molecular complexity index is 1170. The van der Waals surface area contributed by atoms with Gasteiger partial charge >= 0.3 is 0 Å². The van der Waals surface area contributed by atoms with E-state index in [0.29, 0.717) is 43.7 Å². The second-order valence-corrected chi connectivity index (χ2v) is 10.1. The SMILES string of the molecule is COc1nc(C(=O)N2CCC3(c4cccc(F)c4)OCO[C@@H]3C2)ccc1OCC1CC2C(C1)C2(F)F. The molecular weight excluding hydrogens is 477 g/mol. The number of carbonyl (C=O) groups excluding carboxylic acids is 1. The van der Waals surface area contributed by atoms with E-state index < -0.39 is 29.5 Å². The average Bonchev–Trinajstić information content (AvgIpc) is 3.30. The highest BCUT2D eigenvalue weighted by molar-refractivity contribution is 5.92. The minimum absolute atomic E-state index is 0.0709. The van der Waals surface area contributed by atoms with Crippen molar-refractivity contribution in [2.45, 2.75) is 36.9 Å². The van der Waals surface area contributed by atoms with Gasteiger partial charge < -0.3 is 23.8 Å². The first kappa shape index (κ1) is 23.5. The summed E-state index contributed by atoms with van der Waals surface area (Å²) in [6.45, 7) is 1.03. The van der Waals surface area contributed by atoms with Gasteiger partial charge in [-0.3, -0.25) is 4.79 Å². The highest BCUT2D eigenvalue weighted by atomic mass is 19.3. The van der Waals surface area contributed by atoms with Crippen molar-refractivity contribution in [1.82, 2.24) is 9.88 Å². The summed E-state index contributed by atoms with van der Waals surface area (Å²) in [7, 11) is 1.44. The predicted molar refractivity (Wildman–Crippen MR) is 120 cm³/mol. The monoisotopic (exact) mass is 504 g/mol. The normalized spacial score (nSPS) is 32.1. The van der Waals surface area contributed by atoms with Crippen LogP contribution in [0.2, 0.25) is 0 Å². The number of ether oxygens (including phenoxy) is 4. The van der Waals surface area contributed by atoms with E-state index in [-0.39, 0.29) is 42.6 Å². The van der Waals surface area contributed by atoms with Gasteiger partial charge in [0.2, 0.25) is 0 Å². The summed E-state index contributed by atoms with van der Waals surface area (Å²) >= 11 is 0. The third kappa shape index (κ3) is 3.82. The molecule has 0 N–H and O–H groups in total. The third-order valence-electron chi connectivity index (χ3n) is 8.10. The van der Waals surface area contributed by atoms with Crippen LogP contribution < -0.4 is 9.47 Å². The Morgan fingerprint density at radius 1 is 1.22 bits per heavy atom. The molecule has 192 valence electrons. The van der Waals surface area contributed by atoms with Crippen molar-refractivity contribution in [3.63, 3.8) is 0 Å². The molecule has 2 saturated carbocycles. The summed E-state index contributed by atoms with van der Waals surface area (Å²) in [4.78, 5) is 19.3. The van der Waals surface area contributed by atoms with Crippen molar-refractivity contribution in [2.75, 3.05) is 33.6 Å². The van der Waals surface area contributed by atoms with E-state index in [9.17, 15) is 18.0 Å². The standard InChI is InChI=1S/C26H27F3N2O5/c1-33-23-21(34-13-15-9-18-19(10-15)26(18,28)29)6-5-20(30-23)24(32)31-8-7-25(22(12-31)35-14-36-25)16-3-2-4-17(27)11-16/h2-6,11,15,18-19,22H,7-10,12-14H2,1H3/t15?,18?,19?,22-,25?/m1/s1. The van der Waals surface area contributed by atoms with Crippen molar-refractivity contribution in [3.05, 3.63) is 53.5 Å². The van der Waals surface area contributed by atoms with E-state index in [1.54, 1.807) is 23.1 Å². The molecule has 10 heteroatoms. The Labute approximate surface area is 206 Å². The second-order valence-electron chi connectivity index (χ2n) is 10.1. The molecule has 2 aromatic rings. The molecule has 0 spiro atoms. The maximum atomic E-state index is 13.9. The zero-order valence-corrected chi connectivity index (χ0v) is 19.8. The van der Waals surface area contributed by atoms with Crippen LogP contribution in [0.25, 0.3) is 0 Å².